The second-order valence-electron chi connectivity index (χ2n) is 7.59. The monoisotopic (exact) mass is 457 g/mol. The van der Waals surface area contributed by atoms with Crippen molar-refractivity contribution in [3.63, 3.8) is 0 Å². The Morgan fingerprint density at radius 2 is 1.88 bits per heavy atom. The van der Waals surface area contributed by atoms with E-state index < -0.39 is 10.0 Å². The number of hydrogen-bond donors (Lipinski definition) is 3. The van der Waals surface area contributed by atoms with Gasteiger partial charge < -0.3 is 15.3 Å². The van der Waals surface area contributed by atoms with Gasteiger partial charge in [0.1, 0.15) is 5.82 Å². The highest BCUT2D eigenvalue weighted by Gasteiger charge is 2.19. The van der Waals surface area contributed by atoms with Gasteiger partial charge in [-0.15, -0.1) is 0 Å². The Morgan fingerprint density at radius 3 is 2.44 bits per heavy atom. The first-order valence-electron chi connectivity index (χ1n) is 9.69. The van der Waals surface area contributed by atoms with E-state index in [-0.39, 0.29) is 22.9 Å². The number of nitrogens with zero attached hydrogens (tertiary/aromatic N) is 2. The van der Waals surface area contributed by atoms with Crippen LogP contribution in [0.4, 0.5) is 15.9 Å². The first kappa shape index (κ1) is 23.1. The number of rotatable bonds is 7. The fourth-order valence-corrected chi connectivity index (χ4v) is 3.78. The molecule has 3 N–H and O–H groups in total. The van der Waals surface area contributed by atoms with E-state index in [1.54, 1.807) is 44.4 Å². The number of nitrogens with one attached hydrogen (secondary N) is 3. The van der Waals surface area contributed by atoms with Crippen molar-refractivity contribution in [2.45, 2.75) is 20.4 Å². The molecular formula is C22H24FN5O3S. The van der Waals surface area contributed by atoms with Gasteiger partial charge in [0.25, 0.3) is 5.56 Å². The summed E-state index contributed by atoms with van der Waals surface area (Å²) in [6.07, 6.45) is 2.62. The average Bonchev–Trinajstić information content (AvgIpc) is 2.69. The number of hydrogen-bond acceptors (Lipinski definition) is 6. The van der Waals surface area contributed by atoms with Gasteiger partial charge in [-0.2, -0.15) is 0 Å². The molecule has 0 aliphatic carbocycles. The third kappa shape index (κ3) is 5.38. The van der Waals surface area contributed by atoms with Gasteiger partial charge in [0, 0.05) is 42.3 Å². The number of halogens is 1. The Labute approximate surface area is 185 Å². The zero-order valence-electron chi connectivity index (χ0n) is 18.2. The zero-order valence-corrected chi connectivity index (χ0v) is 19.0. The Bertz CT molecular complexity index is 1320. The Balaban J connectivity index is 2.16. The maximum absolute atomic E-state index is 13.2. The maximum atomic E-state index is 13.2. The van der Waals surface area contributed by atoms with E-state index >= 15 is 0 Å². The lowest BCUT2D eigenvalue weighted by Crippen LogP contribution is -2.19. The molecule has 8 nitrogen and oxygen atoms in total. The topological polar surface area (TPSA) is 117 Å². The van der Waals surface area contributed by atoms with Gasteiger partial charge in [-0.25, -0.2) is 17.8 Å². The lowest BCUT2D eigenvalue weighted by molar-refractivity contribution is 0.606. The molecule has 0 aliphatic heterocycles. The molecule has 1 aromatic carbocycles. The third-order valence-electron chi connectivity index (χ3n) is 4.73. The third-order valence-corrected chi connectivity index (χ3v) is 5.30. The number of sulfonamides is 1. The molecule has 0 saturated carbocycles. The average molecular weight is 458 g/mol. The Morgan fingerprint density at radius 1 is 1.22 bits per heavy atom. The Kier molecular flexibility index (Phi) is 6.45. The van der Waals surface area contributed by atoms with Gasteiger partial charge >= 0.3 is 0 Å². The lowest BCUT2D eigenvalue weighted by Gasteiger charge is -2.18. The molecule has 2 aromatic heterocycles. The van der Waals surface area contributed by atoms with Crippen molar-refractivity contribution >= 4 is 27.2 Å². The van der Waals surface area contributed by atoms with Crippen LogP contribution in [-0.2, 0) is 23.6 Å². The summed E-state index contributed by atoms with van der Waals surface area (Å²) < 4.78 is 41.0. The predicted molar refractivity (Wildman–Crippen MR) is 124 cm³/mol. The first-order chi connectivity index (χ1) is 14.9. The molecule has 3 rings (SSSR count). The van der Waals surface area contributed by atoms with E-state index in [0.29, 0.717) is 34.6 Å². The van der Waals surface area contributed by atoms with Crippen LogP contribution in [0.3, 0.4) is 0 Å². The molecule has 0 spiro atoms. The summed E-state index contributed by atoms with van der Waals surface area (Å²) in [6.45, 7) is 3.53. The van der Waals surface area contributed by atoms with Gasteiger partial charge in [0.2, 0.25) is 10.0 Å². The van der Waals surface area contributed by atoms with Crippen LogP contribution in [0.1, 0.15) is 23.6 Å². The zero-order chi connectivity index (χ0) is 23.6. The molecule has 2 heterocycles. The maximum Gasteiger partial charge on any atom is 0.253 e. The summed E-state index contributed by atoms with van der Waals surface area (Å²) in [5, 5.41) is 11.4. The molecule has 0 unspecified atom stereocenters. The smallest absolute Gasteiger partial charge is 0.253 e. The SMILES string of the molecule is CC(=N)c1c(NCc2ccc(F)cc2)cc(-c2cc(C)c(=O)n(C)c2)nc1NS(C)(=O)=O. The van der Waals surface area contributed by atoms with Gasteiger partial charge in [-0.05, 0) is 43.7 Å². The van der Waals surface area contributed by atoms with Crippen LogP contribution in [0.2, 0.25) is 0 Å². The summed E-state index contributed by atoms with van der Waals surface area (Å²) in [4.78, 5) is 16.5. The van der Waals surface area contributed by atoms with Crippen LogP contribution in [0, 0.1) is 18.2 Å². The van der Waals surface area contributed by atoms with E-state index in [1.807, 2.05) is 0 Å². The van der Waals surface area contributed by atoms with Crippen molar-refractivity contribution in [1.29, 1.82) is 5.41 Å². The summed E-state index contributed by atoms with van der Waals surface area (Å²) in [6, 6.07) is 9.34. The van der Waals surface area contributed by atoms with Crippen molar-refractivity contribution in [2.24, 2.45) is 7.05 Å². The number of aryl methyl sites for hydroxylation is 2. The molecule has 10 heteroatoms. The van der Waals surface area contributed by atoms with Crippen molar-refractivity contribution < 1.29 is 12.8 Å². The minimum Gasteiger partial charge on any atom is -0.380 e. The second-order valence-corrected chi connectivity index (χ2v) is 9.33. The molecule has 0 amide bonds. The molecule has 0 fully saturated rings. The molecule has 32 heavy (non-hydrogen) atoms. The minimum atomic E-state index is -3.68. The highest BCUT2D eigenvalue weighted by Crippen LogP contribution is 2.30. The fourth-order valence-electron chi connectivity index (χ4n) is 3.28. The fraction of sp³-hybridized carbons (Fsp3) is 0.227. The summed E-state index contributed by atoms with van der Waals surface area (Å²) in [5.74, 6) is -0.341. The summed E-state index contributed by atoms with van der Waals surface area (Å²) >= 11 is 0. The predicted octanol–water partition coefficient (Wildman–Crippen LogP) is 3.27. The van der Waals surface area contributed by atoms with E-state index in [2.05, 4.69) is 15.0 Å². The van der Waals surface area contributed by atoms with Crippen LogP contribution in [0.15, 0.2) is 47.4 Å². The molecule has 0 aliphatic rings. The lowest BCUT2D eigenvalue weighted by atomic mass is 10.1. The quantitative estimate of drug-likeness (QED) is 0.471. The molecule has 0 saturated heterocycles. The minimum absolute atomic E-state index is 0.00520. The standard InChI is InChI=1S/C22H24FN5O3S/c1-13-9-16(12-28(3)22(13)29)18-10-19(25-11-15-5-7-17(23)8-6-15)20(14(2)24)21(26-18)27-32(4,30)31/h5-10,12,24H,11H2,1-4H3,(H2,25,26,27). The van der Waals surface area contributed by atoms with Crippen molar-refractivity contribution in [1.82, 2.24) is 9.55 Å². The molecular weight excluding hydrogens is 433 g/mol. The van der Waals surface area contributed by atoms with Crippen molar-refractivity contribution in [3.8, 4) is 11.3 Å². The normalized spacial score (nSPS) is 11.3. The van der Waals surface area contributed by atoms with Gasteiger partial charge in [-0.1, -0.05) is 12.1 Å². The van der Waals surface area contributed by atoms with Gasteiger partial charge in [0.15, 0.2) is 5.82 Å². The molecule has 3 aromatic rings. The molecule has 0 radical (unpaired) electrons. The van der Waals surface area contributed by atoms with E-state index in [0.717, 1.165) is 11.8 Å². The van der Waals surface area contributed by atoms with Crippen molar-refractivity contribution in [2.75, 3.05) is 16.3 Å². The Hall–Kier alpha value is -3.53. The number of aromatic nitrogens is 2. The number of pyridine rings is 2. The molecule has 0 bridgehead atoms. The largest absolute Gasteiger partial charge is 0.380 e. The van der Waals surface area contributed by atoms with Crippen LogP contribution in [0.5, 0.6) is 0 Å². The highest BCUT2D eigenvalue weighted by atomic mass is 32.2. The van der Waals surface area contributed by atoms with Gasteiger partial charge in [-0.3, -0.25) is 9.52 Å². The molecule has 0 atom stereocenters. The summed E-state index contributed by atoms with van der Waals surface area (Å²) in [5.41, 5.74) is 3.07. The number of benzene rings is 1. The first-order valence-corrected chi connectivity index (χ1v) is 11.6. The van der Waals surface area contributed by atoms with Crippen LogP contribution in [-0.4, -0.2) is 29.9 Å². The van der Waals surface area contributed by atoms with Crippen LogP contribution in [0.25, 0.3) is 11.3 Å². The van der Waals surface area contributed by atoms with Crippen LogP contribution < -0.4 is 15.6 Å². The highest BCUT2D eigenvalue weighted by molar-refractivity contribution is 7.92. The summed E-state index contributed by atoms with van der Waals surface area (Å²) in [7, 11) is -2.05. The van der Waals surface area contributed by atoms with E-state index in [9.17, 15) is 17.6 Å². The molecule has 168 valence electrons. The van der Waals surface area contributed by atoms with Gasteiger partial charge in [0.05, 0.1) is 17.5 Å². The number of anilines is 2. The van der Waals surface area contributed by atoms with E-state index in [4.69, 9.17) is 5.41 Å². The second kappa shape index (κ2) is 8.91. The van der Waals surface area contributed by atoms with E-state index in [1.165, 1.54) is 23.6 Å². The van der Waals surface area contributed by atoms with Crippen LogP contribution >= 0.6 is 0 Å². The van der Waals surface area contributed by atoms with Crippen molar-refractivity contribution in [3.05, 3.63) is 75.5 Å².